The van der Waals surface area contributed by atoms with Gasteiger partial charge in [0.15, 0.2) is 0 Å². The molecule has 1 heterocycles. The van der Waals surface area contributed by atoms with Crippen LogP contribution in [0, 0.1) is 5.92 Å². The molecule has 1 aliphatic rings. The zero-order valence-corrected chi connectivity index (χ0v) is 15.3. The van der Waals surface area contributed by atoms with E-state index in [-0.39, 0.29) is 18.0 Å². The first kappa shape index (κ1) is 17.7. The Labute approximate surface area is 150 Å². The van der Waals surface area contributed by atoms with Gasteiger partial charge in [-0.1, -0.05) is 67.6 Å². The van der Waals surface area contributed by atoms with Crippen LogP contribution in [0.4, 0.5) is 0 Å². The molecule has 3 nitrogen and oxygen atoms in total. The molecule has 0 radical (unpaired) electrons. The van der Waals surface area contributed by atoms with Gasteiger partial charge in [-0.05, 0) is 18.1 Å². The highest BCUT2D eigenvalue weighted by molar-refractivity contribution is 5.82. The minimum Gasteiger partial charge on any atom is -0.461 e. The molecule has 0 spiro atoms. The number of quaternary nitrogens is 1. The van der Waals surface area contributed by atoms with Crippen molar-refractivity contribution in [2.45, 2.75) is 38.3 Å². The van der Waals surface area contributed by atoms with Crippen LogP contribution in [0.15, 0.2) is 60.7 Å². The highest BCUT2D eigenvalue weighted by Gasteiger charge is 2.36. The molecule has 2 aromatic rings. The van der Waals surface area contributed by atoms with E-state index in [2.05, 4.69) is 20.9 Å². The van der Waals surface area contributed by atoms with E-state index < -0.39 is 0 Å². The Hall–Kier alpha value is -2.13. The molecule has 0 bridgehead atoms. The van der Waals surface area contributed by atoms with Crippen molar-refractivity contribution in [1.82, 2.24) is 0 Å². The third-order valence-corrected chi connectivity index (χ3v) is 5.47. The third kappa shape index (κ3) is 4.10. The lowest BCUT2D eigenvalue weighted by Crippen LogP contribution is -3.14. The molecule has 4 atom stereocenters. The Morgan fingerprint density at radius 3 is 2.04 bits per heavy atom. The van der Waals surface area contributed by atoms with Gasteiger partial charge in [0.1, 0.15) is 12.0 Å². The predicted molar refractivity (Wildman–Crippen MR) is 99.6 cm³/mol. The van der Waals surface area contributed by atoms with Crippen LogP contribution >= 0.6 is 0 Å². The van der Waals surface area contributed by atoms with Gasteiger partial charge in [0.25, 0.3) is 0 Å². The number of likely N-dealkylation sites (tertiary alicyclic amines) is 1. The summed E-state index contributed by atoms with van der Waals surface area (Å²) in [5.74, 6) is -0.120. The first-order chi connectivity index (χ1) is 12.1. The smallest absolute Gasteiger partial charge is 0.318 e. The van der Waals surface area contributed by atoms with E-state index in [1.807, 2.05) is 60.7 Å². The molecule has 1 unspecified atom stereocenters. The minimum absolute atomic E-state index is 0.00104. The molecular weight excluding hydrogens is 310 g/mol. The Balaban J connectivity index is 1.83. The van der Waals surface area contributed by atoms with E-state index in [0.717, 1.165) is 24.1 Å². The van der Waals surface area contributed by atoms with Crippen molar-refractivity contribution in [3.63, 3.8) is 0 Å². The second-order valence-electron chi connectivity index (χ2n) is 7.39. The van der Waals surface area contributed by atoms with Crippen molar-refractivity contribution in [1.29, 1.82) is 0 Å². The third-order valence-electron chi connectivity index (χ3n) is 5.47. The van der Waals surface area contributed by atoms with Crippen molar-refractivity contribution in [3.8, 4) is 0 Å². The molecule has 3 rings (SSSR count). The van der Waals surface area contributed by atoms with E-state index in [4.69, 9.17) is 4.74 Å². The van der Waals surface area contributed by atoms with Gasteiger partial charge in [0, 0.05) is 12.3 Å². The number of hydrogen-bond acceptors (Lipinski definition) is 2. The Morgan fingerprint density at radius 2 is 1.52 bits per heavy atom. The van der Waals surface area contributed by atoms with E-state index in [0.29, 0.717) is 12.0 Å². The van der Waals surface area contributed by atoms with Gasteiger partial charge in [0.2, 0.25) is 0 Å². The van der Waals surface area contributed by atoms with Gasteiger partial charge in [-0.2, -0.15) is 0 Å². The number of esters is 1. The number of carbonyl (C=O) groups excluding carboxylic acids is 1. The number of benzene rings is 2. The molecule has 3 heteroatoms. The predicted octanol–water partition coefficient (Wildman–Crippen LogP) is 2.67. The van der Waals surface area contributed by atoms with Gasteiger partial charge in [0.05, 0.1) is 19.6 Å². The molecular formula is C22H28NO2+. The Bertz CT molecular complexity index is 646. The Morgan fingerprint density at radius 1 is 1.00 bits per heavy atom. The molecule has 0 saturated carbocycles. The largest absolute Gasteiger partial charge is 0.461 e. The summed E-state index contributed by atoms with van der Waals surface area (Å²) in [6.45, 7) is 5.46. The first-order valence-corrected chi connectivity index (χ1v) is 9.19. The van der Waals surface area contributed by atoms with E-state index in [1.165, 1.54) is 4.90 Å². The highest BCUT2D eigenvalue weighted by atomic mass is 16.5. The normalized spacial score (nSPS) is 26.4. The summed E-state index contributed by atoms with van der Waals surface area (Å²) in [5.41, 5.74) is 1.97. The lowest BCUT2D eigenvalue weighted by atomic mass is 9.90. The number of rotatable bonds is 4. The molecule has 0 aromatic heterocycles. The van der Waals surface area contributed by atoms with Crippen molar-refractivity contribution in [2.24, 2.45) is 5.92 Å². The topological polar surface area (TPSA) is 30.7 Å². The molecule has 1 saturated heterocycles. The summed E-state index contributed by atoms with van der Waals surface area (Å²) in [4.78, 5) is 14.6. The minimum atomic E-state index is -0.364. The molecule has 25 heavy (non-hydrogen) atoms. The monoisotopic (exact) mass is 338 g/mol. The molecule has 1 fully saturated rings. The number of ether oxygens (including phenoxy) is 1. The van der Waals surface area contributed by atoms with Crippen molar-refractivity contribution in [2.75, 3.05) is 13.6 Å². The summed E-state index contributed by atoms with van der Waals surface area (Å²) < 4.78 is 6.04. The maximum atomic E-state index is 13.1. The standard InChI is InChI=1S/C22H27NO2/c1-16-15-23(3)17(2)14-20(16)25-22(24)21(18-10-6-4-7-11-18)19-12-8-5-9-13-19/h4-13,16-17,20-21H,14-15H2,1-3H3/p+1/t16-,17-,20+/m1/s1. The van der Waals surface area contributed by atoms with Crippen LogP contribution in [-0.2, 0) is 9.53 Å². The molecule has 2 aromatic carbocycles. The zero-order valence-electron chi connectivity index (χ0n) is 15.3. The molecule has 0 aliphatic carbocycles. The van der Waals surface area contributed by atoms with Crippen LogP contribution in [0.25, 0.3) is 0 Å². The summed E-state index contributed by atoms with van der Waals surface area (Å²) in [7, 11) is 2.22. The molecule has 1 aliphatic heterocycles. The van der Waals surface area contributed by atoms with Crippen LogP contribution in [-0.4, -0.2) is 31.7 Å². The van der Waals surface area contributed by atoms with Gasteiger partial charge >= 0.3 is 5.97 Å². The fraction of sp³-hybridized carbons (Fsp3) is 0.409. The summed E-state index contributed by atoms with van der Waals surface area (Å²) in [5, 5.41) is 0. The summed E-state index contributed by atoms with van der Waals surface area (Å²) in [6.07, 6.45) is 0.927. The van der Waals surface area contributed by atoms with E-state index in [9.17, 15) is 4.79 Å². The molecule has 132 valence electrons. The molecule has 1 N–H and O–H groups in total. The number of hydrogen-bond donors (Lipinski definition) is 1. The summed E-state index contributed by atoms with van der Waals surface area (Å²) in [6, 6.07) is 20.4. The average Bonchev–Trinajstić information content (AvgIpc) is 2.62. The maximum absolute atomic E-state index is 13.1. The fourth-order valence-electron chi connectivity index (χ4n) is 3.76. The number of carbonyl (C=O) groups is 1. The highest BCUT2D eigenvalue weighted by Crippen LogP contribution is 2.28. The lowest BCUT2D eigenvalue weighted by Gasteiger charge is -2.37. The second kappa shape index (κ2) is 7.83. The van der Waals surface area contributed by atoms with Crippen LogP contribution in [0.3, 0.4) is 0 Å². The van der Waals surface area contributed by atoms with Crippen LogP contribution in [0.1, 0.15) is 37.3 Å². The number of nitrogens with one attached hydrogen (secondary N) is 1. The van der Waals surface area contributed by atoms with Crippen LogP contribution < -0.4 is 4.90 Å². The lowest BCUT2D eigenvalue weighted by molar-refractivity contribution is -0.914. The number of piperidine rings is 1. The van der Waals surface area contributed by atoms with Gasteiger partial charge in [-0.15, -0.1) is 0 Å². The quantitative estimate of drug-likeness (QED) is 0.869. The van der Waals surface area contributed by atoms with E-state index in [1.54, 1.807) is 0 Å². The van der Waals surface area contributed by atoms with Crippen molar-refractivity contribution < 1.29 is 14.4 Å². The van der Waals surface area contributed by atoms with Crippen LogP contribution in [0.2, 0.25) is 0 Å². The van der Waals surface area contributed by atoms with Crippen molar-refractivity contribution >= 4 is 5.97 Å². The van der Waals surface area contributed by atoms with E-state index >= 15 is 0 Å². The molecule has 0 amide bonds. The SMILES string of the molecule is C[C@@H]1C[NH+](C)[C@H](C)C[C@@H]1OC(=O)C(c1ccccc1)c1ccccc1. The Kier molecular flexibility index (Phi) is 5.54. The summed E-state index contributed by atoms with van der Waals surface area (Å²) >= 11 is 0. The second-order valence-corrected chi connectivity index (χ2v) is 7.39. The van der Waals surface area contributed by atoms with Gasteiger partial charge in [-0.25, -0.2) is 0 Å². The first-order valence-electron chi connectivity index (χ1n) is 9.19. The van der Waals surface area contributed by atoms with Gasteiger partial charge < -0.3 is 9.64 Å². The van der Waals surface area contributed by atoms with Gasteiger partial charge in [-0.3, -0.25) is 4.79 Å². The maximum Gasteiger partial charge on any atom is 0.318 e. The van der Waals surface area contributed by atoms with Crippen LogP contribution in [0.5, 0.6) is 0 Å². The zero-order chi connectivity index (χ0) is 17.8. The van der Waals surface area contributed by atoms with Crippen molar-refractivity contribution in [3.05, 3.63) is 71.8 Å². The average molecular weight is 338 g/mol. The fourth-order valence-corrected chi connectivity index (χ4v) is 3.76.